The van der Waals surface area contributed by atoms with E-state index >= 15 is 0 Å². The molecule has 4 heterocycles. The summed E-state index contributed by atoms with van der Waals surface area (Å²) in [5, 5.41) is 11.8. The summed E-state index contributed by atoms with van der Waals surface area (Å²) in [6, 6.07) is 66.9. The van der Waals surface area contributed by atoms with Crippen molar-refractivity contribution in [3.8, 4) is 0 Å². The van der Waals surface area contributed by atoms with Crippen LogP contribution in [0, 0.1) is 0 Å². The van der Waals surface area contributed by atoms with Gasteiger partial charge >= 0.3 is 0 Å². The lowest BCUT2D eigenvalue weighted by Gasteiger charge is -2.43. The number of benzene rings is 10. The van der Waals surface area contributed by atoms with Crippen molar-refractivity contribution in [3.05, 3.63) is 204 Å². The summed E-state index contributed by atoms with van der Waals surface area (Å²) in [4.78, 5) is 5.01. The number of hydrogen-bond donors (Lipinski definition) is 0. The molecule has 4 heteroatoms. The zero-order valence-electron chi connectivity index (χ0n) is 36.0. The molecule has 0 atom stereocenters. The van der Waals surface area contributed by atoms with Gasteiger partial charge in [0.05, 0.1) is 34.1 Å². The van der Waals surface area contributed by atoms with Crippen molar-refractivity contribution in [2.75, 3.05) is 9.80 Å². The van der Waals surface area contributed by atoms with Gasteiger partial charge in [0.2, 0.25) is 0 Å². The van der Waals surface area contributed by atoms with E-state index in [4.69, 9.17) is 8.83 Å². The molecule has 0 saturated heterocycles. The van der Waals surface area contributed by atoms with E-state index in [-0.39, 0.29) is 10.8 Å². The molecule has 2 aliphatic rings. The molecule has 4 nitrogen and oxygen atoms in total. The Hall–Kier alpha value is -7.82. The van der Waals surface area contributed by atoms with Crippen LogP contribution in [0.5, 0.6) is 0 Å². The maximum atomic E-state index is 6.61. The average Bonchev–Trinajstić information content (AvgIpc) is 3.88. The molecule has 0 fully saturated rings. The van der Waals surface area contributed by atoms with Crippen molar-refractivity contribution in [1.29, 1.82) is 0 Å². The molecular formula is C60H42N2O2. The molecule has 12 aromatic rings. The fourth-order valence-corrected chi connectivity index (χ4v) is 11.6. The lowest BCUT2D eigenvalue weighted by atomic mass is 9.73. The maximum Gasteiger partial charge on any atom is 0.137 e. The highest BCUT2D eigenvalue weighted by Crippen LogP contribution is 2.58. The topological polar surface area (TPSA) is 32.8 Å². The number of rotatable bonds is 2. The Labute approximate surface area is 370 Å². The molecule has 304 valence electrons. The predicted octanol–water partition coefficient (Wildman–Crippen LogP) is 17.2. The molecule has 0 radical (unpaired) electrons. The van der Waals surface area contributed by atoms with E-state index in [0.29, 0.717) is 0 Å². The van der Waals surface area contributed by atoms with Gasteiger partial charge in [0.15, 0.2) is 0 Å². The molecule has 2 aliphatic heterocycles. The van der Waals surface area contributed by atoms with Crippen molar-refractivity contribution >= 4 is 110 Å². The van der Waals surface area contributed by atoms with Crippen LogP contribution >= 0.6 is 0 Å². The first-order chi connectivity index (χ1) is 31.3. The molecule has 0 unspecified atom stereocenters. The predicted molar refractivity (Wildman–Crippen MR) is 267 cm³/mol. The Morgan fingerprint density at radius 3 is 1.06 bits per heavy atom. The smallest absolute Gasteiger partial charge is 0.137 e. The first-order valence-corrected chi connectivity index (χ1v) is 22.3. The molecule has 0 amide bonds. The highest BCUT2D eigenvalue weighted by atomic mass is 16.3. The van der Waals surface area contributed by atoms with Crippen LogP contribution in [0.25, 0.3) is 76.2 Å². The van der Waals surface area contributed by atoms with Crippen molar-refractivity contribution in [1.82, 2.24) is 0 Å². The van der Waals surface area contributed by atoms with Crippen molar-refractivity contribution in [2.45, 2.75) is 38.5 Å². The van der Waals surface area contributed by atoms with Crippen LogP contribution in [-0.2, 0) is 10.8 Å². The molecular weight excluding hydrogens is 781 g/mol. The van der Waals surface area contributed by atoms with Crippen molar-refractivity contribution in [2.24, 2.45) is 0 Å². The largest absolute Gasteiger partial charge is 0.456 e. The van der Waals surface area contributed by atoms with Crippen LogP contribution in [-0.4, -0.2) is 0 Å². The lowest BCUT2D eigenvalue weighted by Crippen LogP contribution is -2.30. The SMILES string of the molecule is CC1(C)c2ccccc2N(c2cc3c4ccccc4c(N4c5ccccc5C(C)(C)c5cc6c(cc54)oc4ccccc46)cc3c3ccccc23)c2cc3oc4ccccc4c3cc21. The lowest BCUT2D eigenvalue weighted by molar-refractivity contribution is 0.630. The standard InChI is InChI=1S/C60H42N2O2/c1-59(2)45-23-11-13-25-49(45)61(53-33-57-43(29-47(53)59)39-21-9-15-27-55(39)63-57)51-31-41-36-18-6-8-20-38(36)52(32-42(41)35-17-5-7-19-37(35)51)62-50-26-14-12-24-46(50)60(3,4)48-30-44-40-22-10-16-28-56(40)64-58(44)34-54(48)62/h5-34H,1-4H3. The third-order valence-electron chi connectivity index (χ3n) is 14.8. The molecule has 2 aromatic heterocycles. The van der Waals surface area contributed by atoms with Crippen LogP contribution < -0.4 is 9.80 Å². The van der Waals surface area contributed by atoms with E-state index in [1.165, 1.54) is 65.9 Å². The number of para-hydroxylation sites is 4. The zero-order valence-corrected chi connectivity index (χ0v) is 36.0. The average molecular weight is 823 g/mol. The fourth-order valence-electron chi connectivity index (χ4n) is 11.6. The number of furan rings is 2. The summed E-state index contributed by atoms with van der Waals surface area (Å²) in [7, 11) is 0. The number of nitrogens with zero attached hydrogens (tertiary/aromatic N) is 2. The van der Waals surface area contributed by atoms with Gasteiger partial charge in [0, 0.05) is 55.3 Å². The van der Waals surface area contributed by atoms with Crippen molar-refractivity contribution in [3.63, 3.8) is 0 Å². The zero-order chi connectivity index (χ0) is 42.6. The van der Waals surface area contributed by atoms with Gasteiger partial charge in [-0.1, -0.05) is 149 Å². The molecule has 0 spiro atoms. The van der Waals surface area contributed by atoms with Gasteiger partial charge in [-0.15, -0.1) is 0 Å². The highest BCUT2D eigenvalue weighted by Gasteiger charge is 2.40. The van der Waals surface area contributed by atoms with Gasteiger partial charge in [0.25, 0.3) is 0 Å². The van der Waals surface area contributed by atoms with E-state index in [9.17, 15) is 0 Å². The van der Waals surface area contributed by atoms with Crippen LogP contribution in [0.1, 0.15) is 49.9 Å². The Morgan fingerprint density at radius 1 is 0.266 bits per heavy atom. The molecule has 0 saturated carbocycles. The van der Waals surface area contributed by atoms with Gasteiger partial charge in [-0.05, 0) is 92.3 Å². The fraction of sp³-hybridized carbons (Fsp3) is 0.100. The maximum absolute atomic E-state index is 6.61. The van der Waals surface area contributed by atoms with E-state index in [2.05, 4.69) is 219 Å². The van der Waals surface area contributed by atoms with Crippen LogP contribution in [0.4, 0.5) is 34.1 Å². The summed E-state index contributed by atoms with van der Waals surface area (Å²) in [6.07, 6.45) is 0. The second-order valence-electron chi connectivity index (χ2n) is 18.9. The van der Waals surface area contributed by atoms with Gasteiger partial charge in [-0.2, -0.15) is 0 Å². The molecule has 0 N–H and O–H groups in total. The molecule has 0 bridgehead atoms. The first kappa shape index (κ1) is 35.7. The highest BCUT2D eigenvalue weighted by molar-refractivity contribution is 6.25. The molecule has 10 aromatic carbocycles. The van der Waals surface area contributed by atoms with Crippen LogP contribution in [0.15, 0.2) is 191 Å². The molecule has 0 aliphatic carbocycles. The number of hydrogen-bond acceptors (Lipinski definition) is 4. The summed E-state index contributed by atoms with van der Waals surface area (Å²) in [6.45, 7) is 9.45. The first-order valence-electron chi connectivity index (χ1n) is 22.3. The normalized spacial score (nSPS) is 15.1. The van der Waals surface area contributed by atoms with Gasteiger partial charge in [-0.25, -0.2) is 0 Å². The minimum atomic E-state index is -0.257. The van der Waals surface area contributed by atoms with Gasteiger partial charge in [-0.3, -0.25) is 0 Å². The van der Waals surface area contributed by atoms with E-state index in [1.54, 1.807) is 0 Å². The van der Waals surface area contributed by atoms with Crippen molar-refractivity contribution < 1.29 is 8.83 Å². The van der Waals surface area contributed by atoms with Gasteiger partial charge in [0.1, 0.15) is 22.3 Å². The Balaban J connectivity index is 1.07. The minimum Gasteiger partial charge on any atom is -0.456 e. The molecule has 64 heavy (non-hydrogen) atoms. The van der Waals surface area contributed by atoms with Gasteiger partial charge < -0.3 is 18.6 Å². The number of anilines is 6. The van der Waals surface area contributed by atoms with E-state index < -0.39 is 0 Å². The Morgan fingerprint density at radius 2 is 0.625 bits per heavy atom. The number of fused-ring (bicyclic) bond motifs is 15. The second kappa shape index (κ2) is 12.4. The third kappa shape index (κ3) is 4.62. The third-order valence-corrected chi connectivity index (χ3v) is 14.8. The van der Waals surface area contributed by atoms with Crippen LogP contribution in [0.3, 0.4) is 0 Å². The Bertz CT molecular complexity index is 3740. The second-order valence-corrected chi connectivity index (χ2v) is 18.9. The molecule has 14 rings (SSSR count). The van der Waals surface area contributed by atoms with Crippen LogP contribution in [0.2, 0.25) is 0 Å². The summed E-state index contributed by atoms with van der Waals surface area (Å²) in [5.41, 5.74) is 15.2. The summed E-state index contributed by atoms with van der Waals surface area (Å²) < 4.78 is 13.2. The summed E-state index contributed by atoms with van der Waals surface area (Å²) in [5.74, 6) is 0. The minimum absolute atomic E-state index is 0.257. The summed E-state index contributed by atoms with van der Waals surface area (Å²) >= 11 is 0. The quantitative estimate of drug-likeness (QED) is 0.163. The Kier molecular flexibility index (Phi) is 6.94. The van der Waals surface area contributed by atoms with E-state index in [1.807, 2.05) is 0 Å². The van der Waals surface area contributed by atoms with E-state index in [0.717, 1.165) is 66.6 Å². The monoisotopic (exact) mass is 822 g/mol.